The zero-order valence-electron chi connectivity index (χ0n) is 9.98. The molecule has 1 amide bonds. The quantitative estimate of drug-likeness (QED) is 0.922. The van der Waals surface area contributed by atoms with E-state index in [0.29, 0.717) is 5.69 Å². The summed E-state index contributed by atoms with van der Waals surface area (Å²) in [6, 6.07) is 7.27. The molecule has 0 bridgehead atoms. The smallest absolute Gasteiger partial charge is 0.258 e. The molecule has 2 rings (SSSR count). The van der Waals surface area contributed by atoms with Crippen LogP contribution in [0.25, 0.3) is 0 Å². The van der Waals surface area contributed by atoms with Gasteiger partial charge in [0.15, 0.2) is 0 Å². The molecule has 0 radical (unpaired) electrons. The number of halogens is 2. The molecule has 19 heavy (non-hydrogen) atoms. The molecule has 6 heteroatoms. The van der Waals surface area contributed by atoms with Crippen molar-refractivity contribution in [3.63, 3.8) is 0 Å². The van der Waals surface area contributed by atoms with Crippen molar-refractivity contribution in [2.45, 2.75) is 0 Å². The fourth-order valence-electron chi connectivity index (χ4n) is 1.55. The van der Waals surface area contributed by atoms with Crippen molar-refractivity contribution in [1.82, 2.24) is 4.57 Å². The lowest BCUT2D eigenvalue weighted by Crippen LogP contribution is -2.18. The maximum absolute atomic E-state index is 13.7. The monoisotopic (exact) mass is 324 g/mol. The molecule has 1 N–H and O–H groups in total. The zero-order valence-corrected chi connectivity index (χ0v) is 11.6. The first-order chi connectivity index (χ1) is 8.99. The fraction of sp³-hybridized carbons (Fsp3) is 0.0769. The molecular formula is C13H10BrFN2O2. The standard InChI is InChI=1S/C13H10BrFN2O2/c1-17-7-8(5-6-11(17)18)16-13(19)9-3-2-4-10(14)12(9)15/h2-7H,1H3,(H,16,19). The van der Waals surface area contributed by atoms with Gasteiger partial charge in [-0.3, -0.25) is 9.59 Å². The van der Waals surface area contributed by atoms with Crippen molar-refractivity contribution in [2.24, 2.45) is 7.05 Å². The van der Waals surface area contributed by atoms with Gasteiger partial charge in [0.25, 0.3) is 5.91 Å². The second-order valence-corrected chi connectivity index (χ2v) is 4.78. The third-order valence-electron chi connectivity index (χ3n) is 2.54. The van der Waals surface area contributed by atoms with Gasteiger partial charge < -0.3 is 9.88 Å². The van der Waals surface area contributed by atoms with Crippen LogP contribution in [0.3, 0.4) is 0 Å². The second kappa shape index (κ2) is 5.36. The van der Waals surface area contributed by atoms with Crippen molar-refractivity contribution in [1.29, 1.82) is 0 Å². The Kier molecular flexibility index (Phi) is 3.80. The highest BCUT2D eigenvalue weighted by atomic mass is 79.9. The lowest BCUT2D eigenvalue weighted by atomic mass is 10.2. The van der Waals surface area contributed by atoms with Crippen LogP contribution in [-0.2, 0) is 7.05 Å². The number of carbonyl (C=O) groups is 1. The molecule has 1 aromatic heterocycles. The van der Waals surface area contributed by atoms with Gasteiger partial charge in [-0.25, -0.2) is 4.39 Å². The summed E-state index contributed by atoms with van der Waals surface area (Å²) in [5.41, 5.74) is 0.168. The lowest BCUT2D eigenvalue weighted by molar-refractivity contribution is 0.102. The number of anilines is 1. The number of nitrogens with one attached hydrogen (secondary N) is 1. The highest BCUT2D eigenvalue weighted by molar-refractivity contribution is 9.10. The minimum Gasteiger partial charge on any atom is -0.321 e. The van der Waals surface area contributed by atoms with E-state index < -0.39 is 11.7 Å². The van der Waals surface area contributed by atoms with Gasteiger partial charge in [-0.05, 0) is 34.1 Å². The van der Waals surface area contributed by atoms with Crippen molar-refractivity contribution in [3.05, 3.63) is 62.7 Å². The molecule has 2 aromatic rings. The Balaban J connectivity index is 2.28. The largest absolute Gasteiger partial charge is 0.321 e. The van der Waals surface area contributed by atoms with E-state index in [1.807, 2.05) is 0 Å². The first-order valence-electron chi connectivity index (χ1n) is 5.41. The fourth-order valence-corrected chi connectivity index (χ4v) is 1.91. The van der Waals surface area contributed by atoms with Crippen LogP contribution in [-0.4, -0.2) is 10.5 Å². The van der Waals surface area contributed by atoms with Gasteiger partial charge >= 0.3 is 0 Å². The Bertz CT molecular complexity index is 697. The second-order valence-electron chi connectivity index (χ2n) is 3.92. The minimum atomic E-state index is -0.621. The third-order valence-corrected chi connectivity index (χ3v) is 3.15. The molecule has 4 nitrogen and oxygen atoms in total. The molecule has 0 saturated heterocycles. The van der Waals surface area contributed by atoms with Gasteiger partial charge in [-0.2, -0.15) is 0 Å². The van der Waals surface area contributed by atoms with Crippen LogP contribution < -0.4 is 10.9 Å². The summed E-state index contributed by atoms with van der Waals surface area (Å²) in [5.74, 6) is -1.19. The highest BCUT2D eigenvalue weighted by Gasteiger charge is 2.14. The number of benzene rings is 1. The average molecular weight is 325 g/mol. The van der Waals surface area contributed by atoms with Crippen LogP contribution in [0.1, 0.15) is 10.4 Å². The van der Waals surface area contributed by atoms with E-state index in [4.69, 9.17) is 0 Å². The number of nitrogens with zero attached hydrogens (tertiary/aromatic N) is 1. The molecule has 0 aliphatic carbocycles. The zero-order chi connectivity index (χ0) is 14.0. The first-order valence-corrected chi connectivity index (χ1v) is 6.20. The first kappa shape index (κ1) is 13.5. The molecule has 0 fully saturated rings. The van der Waals surface area contributed by atoms with Gasteiger partial charge in [0, 0.05) is 19.3 Å². The molecule has 0 atom stereocenters. The summed E-state index contributed by atoms with van der Waals surface area (Å²) in [5, 5.41) is 2.53. The topological polar surface area (TPSA) is 51.1 Å². The Morgan fingerprint density at radius 2 is 2.05 bits per heavy atom. The number of amides is 1. The molecule has 1 heterocycles. The van der Waals surface area contributed by atoms with Crippen molar-refractivity contribution >= 4 is 27.5 Å². The number of aromatic nitrogens is 1. The summed E-state index contributed by atoms with van der Waals surface area (Å²) in [7, 11) is 1.57. The highest BCUT2D eigenvalue weighted by Crippen LogP contribution is 2.19. The summed E-state index contributed by atoms with van der Waals surface area (Å²) >= 11 is 3.02. The van der Waals surface area contributed by atoms with Gasteiger partial charge in [0.1, 0.15) is 5.82 Å². The van der Waals surface area contributed by atoms with E-state index in [-0.39, 0.29) is 15.6 Å². The number of hydrogen-bond donors (Lipinski definition) is 1. The molecular weight excluding hydrogens is 315 g/mol. The van der Waals surface area contributed by atoms with Crippen molar-refractivity contribution in [2.75, 3.05) is 5.32 Å². The summed E-state index contributed by atoms with van der Waals surface area (Å²) in [6.45, 7) is 0. The molecule has 0 spiro atoms. The maximum Gasteiger partial charge on any atom is 0.258 e. The molecule has 0 aliphatic rings. The molecule has 0 aliphatic heterocycles. The Labute approximate surface area is 117 Å². The number of aryl methyl sites for hydroxylation is 1. The Morgan fingerprint density at radius 1 is 1.32 bits per heavy atom. The average Bonchev–Trinajstić information content (AvgIpc) is 2.37. The number of pyridine rings is 1. The van der Waals surface area contributed by atoms with Crippen LogP contribution >= 0.6 is 15.9 Å². The van der Waals surface area contributed by atoms with Crippen LogP contribution in [0.4, 0.5) is 10.1 Å². The van der Waals surface area contributed by atoms with Crippen LogP contribution in [0.2, 0.25) is 0 Å². The minimum absolute atomic E-state index is 0.0665. The number of carbonyl (C=O) groups excluding carboxylic acids is 1. The predicted molar refractivity (Wildman–Crippen MR) is 73.7 cm³/mol. The maximum atomic E-state index is 13.7. The molecule has 1 aromatic carbocycles. The van der Waals surface area contributed by atoms with Crippen molar-refractivity contribution in [3.8, 4) is 0 Å². The summed E-state index contributed by atoms with van der Waals surface area (Å²) in [6.07, 6.45) is 1.47. The normalized spacial score (nSPS) is 10.3. The Hall–Kier alpha value is -1.95. The van der Waals surface area contributed by atoms with Gasteiger partial charge in [0.2, 0.25) is 5.56 Å². The molecule has 0 saturated carbocycles. The van der Waals surface area contributed by atoms with Crippen LogP contribution in [0.15, 0.2) is 45.8 Å². The number of rotatable bonds is 2. The predicted octanol–water partition coefficient (Wildman–Crippen LogP) is 2.54. The summed E-state index contributed by atoms with van der Waals surface area (Å²) in [4.78, 5) is 23.1. The van der Waals surface area contributed by atoms with E-state index in [1.165, 1.54) is 35.0 Å². The van der Waals surface area contributed by atoms with Gasteiger partial charge in [0.05, 0.1) is 15.7 Å². The summed E-state index contributed by atoms with van der Waals surface area (Å²) < 4.78 is 15.3. The lowest BCUT2D eigenvalue weighted by Gasteiger charge is -2.07. The Morgan fingerprint density at radius 3 is 2.74 bits per heavy atom. The van der Waals surface area contributed by atoms with E-state index >= 15 is 0 Å². The van der Waals surface area contributed by atoms with Crippen LogP contribution in [0.5, 0.6) is 0 Å². The van der Waals surface area contributed by atoms with Gasteiger partial charge in [-0.15, -0.1) is 0 Å². The molecule has 0 unspecified atom stereocenters. The van der Waals surface area contributed by atoms with Crippen LogP contribution in [0, 0.1) is 5.82 Å². The molecule has 98 valence electrons. The van der Waals surface area contributed by atoms with Crippen molar-refractivity contribution < 1.29 is 9.18 Å². The van der Waals surface area contributed by atoms with E-state index in [0.717, 1.165) is 0 Å². The third kappa shape index (κ3) is 2.90. The van der Waals surface area contributed by atoms with Gasteiger partial charge in [-0.1, -0.05) is 6.07 Å². The van der Waals surface area contributed by atoms with E-state index in [9.17, 15) is 14.0 Å². The van der Waals surface area contributed by atoms with E-state index in [2.05, 4.69) is 21.2 Å². The van der Waals surface area contributed by atoms with E-state index in [1.54, 1.807) is 13.1 Å². The SMILES string of the molecule is Cn1cc(NC(=O)c2cccc(Br)c2F)ccc1=O. The number of hydrogen-bond acceptors (Lipinski definition) is 2.